The van der Waals surface area contributed by atoms with Crippen molar-refractivity contribution in [3.05, 3.63) is 64.2 Å². The highest BCUT2D eigenvalue weighted by Gasteiger charge is 2.09. The number of benzene rings is 1. The highest BCUT2D eigenvalue weighted by atomic mass is 32.1. The Kier molecular flexibility index (Phi) is 7.02. The van der Waals surface area contributed by atoms with Crippen LogP contribution in [0.2, 0.25) is 0 Å². The Morgan fingerprint density at radius 3 is 2.69 bits per heavy atom. The number of carbonyl (C=O) groups is 1. The third kappa shape index (κ3) is 6.18. The van der Waals surface area contributed by atoms with Gasteiger partial charge in [0.15, 0.2) is 5.96 Å². The molecule has 0 radical (unpaired) electrons. The summed E-state index contributed by atoms with van der Waals surface area (Å²) in [4.78, 5) is 23.7. The summed E-state index contributed by atoms with van der Waals surface area (Å²) in [5.41, 5.74) is 2.83. The van der Waals surface area contributed by atoms with Gasteiger partial charge in [-0.2, -0.15) is 0 Å². The molecule has 8 heteroatoms. The van der Waals surface area contributed by atoms with E-state index in [-0.39, 0.29) is 12.5 Å². The van der Waals surface area contributed by atoms with E-state index in [0.717, 1.165) is 11.3 Å². The van der Waals surface area contributed by atoms with Crippen molar-refractivity contribution in [2.24, 2.45) is 4.99 Å². The molecule has 0 aliphatic heterocycles. The summed E-state index contributed by atoms with van der Waals surface area (Å²) in [7, 11) is 3.45. The van der Waals surface area contributed by atoms with Crippen LogP contribution < -0.4 is 10.6 Å². The number of rotatable bonds is 7. The molecule has 29 heavy (non-hydrogen) atoms. The second-order valence-electron chi connectivity index (χ2n) is 6.75. The van der Waals surface area contributed by atoms with Crippen LogP contribution in [0.5, 0.6) is 0 Å². The number of aryl methyl sites for hydroxylation is 1. The Morgan fingerprint density at radius 1 is 1.21 bits per heavy atom. The fraction of sp³-hybridized carbons (Fsp3) is 0.286. The smallest absolute Gasteiger partial charge is 0.241 e. The zero-order valence-electron chi connectivity index (χ0n) is 16.8. The third-order valence-corrected chi connectivity index (χ3v) is 5.04. The highest BCUT2D eigenvalue weighted by molar-refractivity contribution is 7.09. The Morgan fingerprint density at radius 2 is 2.00 bits per heavy atom. The van der Waals surface area contributed by atoms with Crippen molar-refractivity contribution < 1.29 is 9.21 Å². The number of likely N-dealkylation sites (N-methyl/N-ethyl adjacent to an activating group) is 1. The first kappa shape index (κ1) is 20.6. The second-order valence-corrected chi connectivity index (χ2v) is 7.78. The fourth-order valence-corrected chi connectivity index (χ4v) is 3.09. The number of hydrogen-bond acceptors (Lipinski definition) is 5. The normalized spacial score (nSPS) is 11.3. The Bertz CT molecular complexity index is 946. The molecule has 7 nitrogen and oxygen atoms in total. The molecule has 0 spiro atoms. The van der Waals surface area contributed by atoms with Crippen molar-refractivity contribution in [1.82, 2.24) is 20.5 Å². The summed E-state index contributed by atoms with van der Waals surface area (Å²) in [6.07, 6.45) is 1.61. The summed E-state index contributed by atoms with van der Waals surface area (Å²) in [6.45, 7) is 3.17. The molecule has 2 N–H and O–H groups in total. The first-order chi connectivity index (χ1) is 14.0. The summed E-state index contributed by atoms with van der Waals surface area (Å²) in [6, 6.07) is 12.1. The van der Waals surface area contributed by atoms with Gasteiger partial charge in [-0.05, 0) is 30.5 Å². The minimum atomic E-state index is -0.0290. The Hall–Kier alpha value is -3.13. The zero-order valence-corrected chi connectivity index (χ0v) is 17.6. The molecule has 3 rings (SSSR count). The molecule has 2 aromatic heterocycles. The molecular formula is C21H25N5O2S. The van der Waals surface area contributed by atoms with Crippen LogP contribution in [-0.4, -0.2) is 42.4 Å². The van der Waals surface area contributed by atoms with Gasteiger partial charge < -0.3 is 20.0 Å². The molecule has 0 aliphatic rings. The van der Waals surface area contributed by atoms with Gasteiger partial charge in [-0.1, -0.05) is 23.8 Å². The average Bonchev–Trinajstić information content (AvgIpc) is 3.39. The second kappa shape index (κ2) is 9.88. The number of nitrogens with one attached hydrogen (secondary N) is 2. The van der Waals surface area contributed by atoms with Gasteiger partial charge in [0.1, 0.15) is 12.0 Å². The number of guanidine groups is 1. The van der Waals surface area contributed by atoms with E-state index >= 15 is 0 Å². The van der Waals surface area contributed by atoms with Crippen LogP contribution in [0.15, 0.2) is 57.5 Å². The van der Waals surface area contributed by atoms with Crippen LogP contribution in [0, 0.1) is 6.92 Å². The van der Waals surface area contributed by atoms with Crippen molar-refractivity contribution in [2.75, 3.05) is 20.6 Å². The van der Waals surface area contributed by atoms with Gasteiger partial charge in [-0.3, -0.25) is 4.79 Å². The molecule has 0 unspecified atom stereocenters. The van der Waals surface area contributed by atoms with Crippen LogP contribution in [0.25, 0.3) is 11.5 Å². The van der Waals surface area contributed by atoms with E-state index < -0.39 is 0 Å². The summed E-state index contributed by atoms with van der Waals surface area (Å²) < 4.78 is 5.59. The topological polar surface area (TPSA) is 82.8 Å². The number of carbonyl (C=O) groups excluding carboxylic acids is 1. The van der Waals surface area contributed by atoms with Gasteiger partial charge in [0.2, 0.25) is 11.8 Å². The predicted octanol–water partition coefficient (Wildman–Crippen LogP) is 3.04. The lowest BCUT2D eigenvalue weighted by atomic mass is 10.1. The first-order valence-electron chi connectivity index (χ1n) is 9.27. The first-order valence-corrected chi connectivity index (χ1v) is 10.2. The SMILES string of the molecule is Cc1ccc(-c2nc(CN=C(NCC(=O)N(C)C)NCc3cccs3)co2)cc1. The van der Waals surface area contributed by atoms with Gasteiger partial charge in [-0.15, -0.1) is 11.3 Å². The maximum absolute atomic E-state index is 11.9. The molecule has 3 aromatic rings. The maximum Gasteiger partial charge on any atom is 0.241 e. The molecule has 152 valence electrons. The number of aromatic nitrogens is 1. The van der Waals surface area contributed by atoms with Crippen molar-refractivity contribution in [3.63, 3.8) is 0 Å². The monoisotopic (exact) mass is 411 g/mol. The third-order valence-electron chi connectivity index (χ3n) is 4.17. The number of oxazole rings is 1. The standard InChI is InChI=1S/C21H25N5O2S/c1-15-6-8-16(9-7-15)20-25-17(14-28-20)11-22-21(24-13-19(27)26(2)3)23-12-18-5-4-10-29-18/h4-10,14H,11-13H2,1-3H3,(H2,22,23,24). The molecule has 2 heterocycles. The van der Waals surface area contributed by atoms with Gasteiger partial charge in [0.25, 0.3) is 0 Å². The molecule has 0 fully saturated rings. The fourth-order valence-electron chi connectivity index (χ4n) is 2.44. The zero-order chi connectivity index (χ0) is 20.6. The van der Waals surface area contributed by atoms with E-state index in [1.807, 2.05) is 48.7 Å². The minimum Gasteiger partial charge on any atom is -0.444 e. The van der Waals surface area contributed by atoms with E-state index in [0.29, 0.717) is 24.9 Å². The van der Waals surface area contributed by atoms with Crippen LogP contribution in [0.4, 0.5) is 0 Å². The van der Waals surface area contributed by atoms with Crippen molar-refractivity contribution in [3.8, 4) is 11.5 Å². The molecule has 0 aliphatic carbocycles. The van der Waals surface area contributed by atoms with Crippen LogP contribution in [-0.2, 0) is 17.9 Å². The minimum absolute atomic E-state index is 0.0290. The molecule has 0 saturated carbocycles. The number of nitrogens with zero attached hydrogens (tertiary/aromatic N) is 3. The van der Waals surface area contributed by atoms with Crippen molar-refractivity contribution in [1.29, 1.82) is 0 Å². The summed E-state index contributed by atoms with van der Waals surface area (Å²) >= 11 is 1.66. The van der Waals surface area contributed by atoms with Crippen molar-refractivity contribution in [2.45, 2.75) is 20.0 Å². The number of hydrogen-bond donors (Lipinski definition) is 2. The number of thiophene rings is 1. The molecular weight excluding hydrogens is 386 g/mol. The van der Waals surface area contributed by atoms with E-state index in [4.69, 9.17) is 4.42 Å². The van der Waals surface area contributed by atoms with Gasteiger partial charge in [0, 0.05) is 24.5 Å². The lowest BCUT2D eigenvalue weighted by molar-refractivity contribution is -0.127. The Labute approximate surface area is 174 Å². The lowest BCUT2D eigenvalue weighted by Crippen LogP contribution is -2.42. The molecule has 1 aromatic carbocycles. The van der Waals surface area contributed by atoms with Crippen molar-refractivity contribution >= 4 is 23.2 Å². The molecule has 0 atom stereocenters. The number of aliphatic imine (C=N–C) groups is 1. The predicted molar refractivity (Wildman–Crippen MR) is 116 cm³/mol. The van der Waals surface area contributed by atoms with E-state index in [1.165, 1.54) is 15.3 Å². The van der Waals surface area contributed by atoms with E-state index in [1.54, 1.807) is 31.7 Å². The van der Waals surface area contributed by atoms with Gasteiger partial charge in [0.05, 0.1) is 19.6 Å². The van der Waals surface area contributed by atoms with Gasteiger partial charge in [-0.25, -0.2) is 9.98 Å². The lowest BCUT2D eigenvalue weighted by Gasteiger charge is -2.14. The molecule has 1 amide bonds. The molecule has 0 saturated heterocycles. The summed E-state index contributed by atoms with van der Waals surface area (Å²) in [5.74, 6) is 1.09. The highest BCUT2D eigenvalue weighted by Crippen LogP contribution is 2.19. The van der Waals surface area contributed by atoms with E-state index in [2.05, 4.69) is 20.6 Å². The largest absolute Gasteiger partial charge is 0.444 e. The van der Waals surface area contributed by atoms with Gasteiger partial charge >= 0.3 is 0 Å². The van der Waals surface area contributed by atoms with Crippen LogP contribution in [0.3, 0.4) is 0 Å². The van der Waals surface area contributed by atoms with Crippen LogP contribution >= 0.6 is 11.3 Å². The maximum atomic E-state index is 11.9. The number of amides is 1. The van der Waals surface area contributed by atoms with Crippen LogP contribution in [0.1, 0.15) is 16.1 Å². The van der Waals surface area contributed by atoms with E-state index in [9.17, 15) is 4.79 Å². The Balaban J connectivity index is 1.65. The average molecular weight is 412 g/mol. The summed E-state index contributed by atoms with van der Waals surface area (Å²) in [5, 5.41) is 8.35. The molecule has 0 bridgehead atoms. The quantitative estimate of drug-likeness (QED) is 0.461.